The molecule has 2 aliphatic rings. The summed E-state index contributed by atoms with van der Waals surface area (Å²) in [7, 11) is 0. The summed E-state index contributed by atoms with van der Waals surface area (Å²) in [4.78, 5) is 19.6. The average molecular weight is 369 g/mol. The highest BCUT2D eigenvalue weighted by molar-refractivity contribution is 5.77. The Morgan fingerprint density at radius 1 is 1.07 bits per heavy atom. The van der Waals surface area contributed by atoms with Crippen LogP contribution in [0.4, 0.5) is 0 Å². The van der Waals surface area contributed by atoms with Crippen molar-refractivity contribution in [3.63, 3.8) is 0 Å². The molecule has 27 heavy (non-hydrogen) atoms. The summed E-state index contributed by atoms with van der Waals surface area (Å²) in [6.45, 7) is 2.92. The van der Waals surface area contributed by atoms with Crippen LogP contribution in [0.1, 0.15) is 57.8 Å². The first kappa shape index (κ1) is 18.5. The van der Waals surface area contributed by atoms with Crippen LogP contribution >= 0.6 is 0 Å². The first-order valence-electron chi connectivity index (χ1n) is 10.7. The number of nitrogens with one attached hydrogen (secondary N) is 1. The van der Waals surface area contributed by atoms with Gasteiger partial charge in [-0.3, -0.25) is 9.69 Å². The lowest BCUT2D eigenvalue weighted by atomic mass is 10.00. The van der Waals surface area contributed by atoms with Crippen molar-refractivity contribution in [3.05, 3.63) is 30.6 Å². The molecular formula is C22H32N4O. The second-order valence-corrected chi connectivity index (χ2v) is 8.22. The Kier molecular flexibility index (Phi) is 6.07. The normalized spacial score (nSPS) is 22.6. The molecular weight excluding hydrogens is 336 g/mol. The van der Waals surface area contributed by atoms with E-state index < -0.39 is 0 Å². The number of imidazole rings is 1. The number of aromatic nitrogens is 2. The summed E-state index contributed by atoms with van der Waals surface area (Å²) >= 11 is 0. The molecule has 4 rings (SSSR count). The van der Waals surface area contributed by atoms with Crippen LogP contribution in [0, 0.1) is 0 Å². The van der Waals surface area contributed by atoms with Crippen LogP contribution in [0.15, 0.2) is 30.6 Å². The Morgan fingerprint density at radius 3 is 2.74 bits per heavy atom. The van der Waals surface area contributed by atoms with Crippen LogP contribution in [0.25, 0.3) is 11.0 Å². The van der Waals surface area contributed by atoms with Gasteiger partial charge in [0.05, 0.1) is 17.4 Å². The van der Waals surface area contributed by atoms with Gasteiger partial charge in [0, 0.05) is 31.6 Å². The number of carbonyl (C=O) groups is 1. The number of piperidine rings is 1. The fourth-order valence-corrected chi connectivity index (χ4v) is 4.79. The number of rotatable bonds is 5. The third kappa shape index (κ3) is 4.70. The highest BCUT2D eigenvalue weighted by Crippen LogP contribution is 2.24. The Labute approximate surface area is 162 Å². The molecule has 0 radical (unpaired) electrons. The predicted molar refractivity (Wildman–Crippen MR) is 109 cm³/mol. The number of carbonyl (C=O) groups excluding carboxylic acids is 1. The van der Waals surface area contributed by atoms with Gasteiger partial charge in [-0.1, -0.05) is 37.8 Å². The number of likely N-dealkylation sites (tertiary alicyclic amines) is 1. The number of para-hydroxylation sites is 2. The molecule has 2 heterocycles. The molecule has 1 unspecified atom stereocenters. The Balaban J connectivity index is 1.27. The molecule has 1 aliphatic carbocycles. The first-order valence-corrected chi connectivity index (χ1v) is 10.7. The maximum atomic E-state index is 12.5. The van der Waals surface area contributed by atoms with E-state index in [4.69, 9.17) is 0 Å². The van der Waals surface area contributed by atoms with Crippen molar-refractivity contribution in [2.75, 3.05) is 13.1 Å². The lowest BCUT2D eigenvalue weighted by Crippen LogP contribution is -2.51. The third-order valence-electron chi connectivity index (χ3n) is 6.27. The summed E-state index contributed by atoms with van der Waals surface area (Å²) in [5.74, 6) is 0.167. The van der Waals surface area contributed by atoms with Gasteiger partial charge < -0.3 is 9.88 Å². The lowest BCUT2D eigenvalue weighted by Gasteiger charge is -2.38. The van der Waals surface area contributed by atoms with Gasteiger partial charge >= 0.3 is 0 Å². The van der Waals surface area contributed by atoms with Gasteiger partial charge in [0.25, 0.3) is 0 Å². The SMILES string of the molecule is O=C(CCn1cnc2ccccc21)NC1CCCN(C2CCCCCC2)C1. The van der Waals surface area contributed by atoms with E-state index in [0.717, 1.165) is 30.0 Å². The zero-order valence-corrected chi connectivity index (χ0v) is 16.3. The minimum Gasteiger partial charge on any atom is -0.352 e. The minimum atomic E-state index is 0.167. The number of amides is 1. The van der Waals surface area contributed by atoms with Crippen LogP contribution in [-0.4, -0.2) is 45.5 Å². The van der Waals surface area contributed by atoms with Crippen molar-refractivity contribution >= 4 is 16.9 Å². The van der Waals surface area contributed by atoms with E-state index in [1.165, 1.54) is 51.5 Å². The van der Waals surface area contributed by atoms with Crippen molar-refractivity contribution in [1.29, 1.82) is 0 Å². The second kappa shape index (κ2) is 8.87. The summed E-state index contributed by atoms with van der Waals surface area (Å²) in [6.07, 6.45) is 12.9. The maximum absolute atomic E-state index is 12.5. The molecule has 1 saturated heterocycles. The van der Waals surface area contributed by atoms with E-state index in [-0.39, 0.29) is 5.91 Å². The number of hydrogen-bond donors (Lipinski definition) is 1. The van der Waals surface area contributed by atoms with E-state index >= 15 is 0 Å². The molecule has 1 amide bonds. The number of hydrogen-bond acceptors (Lipinski definition) is 3. The summed E-state index contributed by atoms with van der Waals surface area (Å²) in [5.41, 5.74) is 2.09. The third-order valence-corrected chi connectivity index (χ3v) is 6.27. The largest absolute Gasteiger partial charge is 0.352 e. The highest BCUT2D eigenvalue weighted by atomic mass is 16.1. The van der Waals surface area contributed by atoms with Gasteiger partial charge in [-0.2, -0.15) is 0 Å². The van der Waals surface area contributed by atoms with E-state index in [1.54, 1.807) is 0 Å². The number of benzene rings is 1. The monoisotopic (exact) mass is 368 g/mol. The summed E-state index contributed by atoms with van der Waals surface area (Å²) < 4.78 is 2.08. The molecule has 1 aliphatic heterocycles. The lowest BCUT2D eigenvalue weighted by molar-refractivity contribution is -0.122. The van der Waals surface area contributed by atoms with E-state index in [0.29, 0.717) is 19.0 Å². The molecule has 146 valence electrons. The zero-order chi connectivity index (χ0) is 18.5. The predicted octanol–water partition coefficient (Wildman–Crippen LogP) is 3.73. The number of fused-ring (bicyclic) bond motifs is 1. The number of nitrogens with zero attached hydrogens (tertiary/aromatic N) is 3. The quantitative estimate of drug-likeness (QED) is 0.818. The fraction of sp³-hybridized carbons (Fsp3) is 0.636. The summed E-state index contributed by atoms with van der Waals surface area (Å²) in [5, 5.41) is 3.30. The average Bonchev–Trinajstić information content (AvgIpc) is 2.91. The molecule has 5 heteroatoms. The highest BCUT2D eigenvalue weighted by Gasteiger charge is 2.27. The molecule has 0 bridgehead atoms. The van der Waals surface area contributed by atoms with Crippen LogP contribution in [-0.2, 0) is 11.3 Å². The Morgan fingerprint density at radius 2 is 1.89 bits per heavy atom. The minimum absolute atomic E-state index is 0.167. The Hall–Kier alpha value is -1.88. The van der Waals surface area contributed by atoms with Crippen molar-refractivity contribution < 1.29 is 4.79 Å². The van der Waals surface area contributed by atoms with Crippen molar-refractivity contribution in [1.82, 2.24) is 19.8 Å². The molecule has 1 aromatic heterocycles. The molecule has 1 saturated carbocycles. The standard InChI is InChI=1S/C22H32N4O/c27-22(13-15-26-17-23-20-11-5-6-12-21(20)26)24-18-8-7-14-25(16-18)19-9-3-1-2-4-10-19/h5-6,11-12,17-19H,1-4,7-10,13-16H2,(H,24,27). The first-order chi connectivity index (χ1) is 13.3. The second-order valence-electron chi connectivity index (χ2n) is 8.22. The molecule has 2 aromatic rings. The van der Waals surface area contributed by atoms with Gasteiger partial charge in [-0.25, -0.2) is 4.98 Å². The van der Waals surface area contributed by atoms with Crippen molar-refractivity contribution in [3.8, 4) is 0 Å². The fourth-order valence-electron chi connectivity index (χ4n) is 4.79. The maximum Gasteiger partial charge on any atom is 0.222 e. The molecule has 5 nitrogen and oxygen atoms in total. The van der Waals surface area contributed by atoms with Gasteiger partial charge in [0.1, 0.15) is 0 Å². The van der Waals surface area contributed by atoms with Gasteiger partial charge in [0.15, 0.2) is 0 Å². The topological polar surface area (TPSA) is 50.2 Å². The Bertz CT molecular complexity index is 748. The van der Waals surface area contributed by atoms with E-state index in [1.807, 2.05) is 24.5 Å². The molecule has 1 N–H and O–H groups in total. The van der Waals surface area contributed by atoms with Crippen LogP contribution in [0.2, 0.25) is 0 Å². The molecule has 2 fully saturated rings. The zero-order valence-electron chi connectivity index (χ0n) is 16.3. The van der Waals surface area contributed by atoms with Gasteiger partial charge in [0.2, 0.25) is 5.91 Å². The molecule has 0 spiro atoms. The molecule has 1 aromatic carbocycles. The number of aryl methyl sites for hydroxylation is 1. The smallest absolute Gasteiger partial charge is 0.222 e. The molecule has 1 atom stereocenters. The van der Waals surface area contributed by atoms with Crippen LogP contribution in [0.5, 0.6) is 0 Å². The summed E-state index contributed by atoms with van der Waals surface area (Å²) in [6, 6.07) is 9.14. The van der Waals surface area contributed by atoms with Gasteiger partial charge in [-0.05, 0) is 44.4 Å². The van der Waals surface area contributed by atoms with E-state index in [2.05, 4.69) is 25.8 Å². The van der Waals surface area contributed by atoms with Crippen LogP contribution < -0.4 is 5.32 Å². The van der Waals surface area contributed by atoms with Gasteiger partial charge in [-0.15, -0.1) is 0 Å². The van der Waals surface area contributed by atoms with Crippen molar-refractivity contribution in [2.24, 2.45) is 0 Å². The van der Waals surface area contributed by atoms with Crippen molar-refractivity contribution in [2.45, 2.75) is 76.4 Å². The van der Waals surface area contributed by atoms with Crippen LogP contribution in [0.3, 0.4) is 0 Å². The van der Waals surface area contributed by atoms with E-state index in [9.17, 15) is 4.79 Å².